The normalized spacial score (nSPS) is 17.9. The Bertz CT molecular complexity index is 1150. The zero-order valence-electron chi connectivity index (χ0n) is 16.8. The fourth-order valence-electron chi connectivity index (χ4n) is 3.51. The van der Waals surface area contributed by atoms with E-state index in [-0.39, 0.29) is 23.0 Å². The molecule has 7 nitrogen and oxygen atoms in total. The monoisotopic (exact) mass is 444 g/mol. The van der Waals surface area contributed by atoms with Gasteiger partial charge in [0.1, 0.15) is 29.3 Å². The summed E-state index contributed by atoms with van der Waals surface area (Å²) < 4.78 is 22.4. The van der Waals surface area contributed by atoms with Crippen LogP contribution in [-0.2, 0) is 9.53 Å². The predicted octanol–water partition coefficient (Wildman–Crippen LogP) is 4.38. The molecular weight excluding hydrogens is 424 g/mol. The number of fused-ring (bicyclic) bond motifs is 1. The highest BCUT2D eigenvalue weighted by Crippen LogP contribution is 2.33. The third-order valence-corrected chi connectivity index (χ3v) is 5.60. The summed E-state index contributed by atoms with van der Waals surface area (Å²) in [6.45, 7) is 0.743. The number of carboxylic acid groups (broad SMARTS) is 1. The zero-order chi connectivity index (χ0) is 22.0. The van der Waals surface area contributed by atoms with Gasteiger partial charge in [-0.15, -0.1) is 0 Å². The third-order valence-electron chi connectivity index (χ3n) is 5.30. The van der Waals surface area contributed by atoms with Crippen LogP contribution in [0.3, 0.4) is 0 Å². The molecule has 31 heavy (non-hydrogen) atoms. The van der Waals surface area contributed by atoms with Gasteiger partial charge in [-0.1, -0.05) is 11.6 Å². The van der Waals surface area contributed by atoms with Gasteiger partial charge in [-0.25, -0.2) is 0 Å². The molecule has 0 bridgehead atoms. The van der Waals surface area contributed by atoms with Crippen LogP contribution in [-0.4, -0.2) is 37.5 Å². The second-order valence-corrected chi connectivity index (χ2v) is 7.71. The Hall–Kier alpha value is -3.03. The number of aliphatic carboxylic acids is 1. The number of hydrogen-bond acceptors (Lipinski definition) is 6. The Morgan fingerprint density at radius 1 is 1.16 bits per heavy atom. The molecule has 0 atom stereocenters. The number of hydrogen-bond donors (Lipinski definition) is 1. The lowest BCUT2D eigenvalue weighted by atomic mass is 9.82. The Labute approximate surface area is 183 Å². The molecule has 162 valence electrons. The SMILES string of the molecule is COc1ccc(Cl)c2oc(-c3ccc(OCCOC4CC(C(=O)O)C4)cc3)cc(=O)c12. The molecule has 2 aromatic carbocycles. The van der Waals surface area contributed by atoms with Crippen molar-refractivity contribution in [2.24, 2.45) is 5.92 Å². The largest absolute Gasteiger partial charge is 0.496 e. The van der Waals surface area contributed by atoms with Crippen molar-refractivity contribution in [3.8, 4) is 22.8 Å². The summed E-state index contributed by atoms with van der Waals surface area (Å²) in [7, 11) is 1.48. The first-order valence-electron chi connectivity index (χ1n) is 9.84. The third kappa shape index (κ3) is 4.52. The molecule has 4 rings (SSSR count). The predicted molar refractivity (Wildman–Crippen MR) is 115 cm³/mol. The Morgan fingerprint density at radius 3 is 2.58 bits per heavy atom. The van der Waals surface area contributed by atoms with Gasteiger partial charge < -0.3 is 23.7 Å². The van der Waals surface area contributed by atoms with E-state index in [2.05, 4.69) is 0 Å². The van der Waals surface area contributed by atoms with Gasteiger partial charge in [0.2, 0.25) is 0 Å². The van der Waals surface area contributed by atoms with E-state index < -0.39 is 5.97 Å². The van der Waals surface area contributed by atoms with Crippen molar-refractivity contribution < 1.29 is 28.5 Å². The summed E-state index contributed by atoms with van der Waals surface area (Å²) in [5.41, 5.74) is 0.743. The fourth-order valence-corrected chi connectivity index (χ4v) is 3.70. The minimum absolute atomic E-state index is 0.00618. The Morgan fingerprint density at radius 2 is 1.90 bits per heavy atom. The van der Waals surface area contributed by atoms with Crippen LogP contribution in [0, 0.1) is 5.92 Å². The number of carbonyl (C=O) groups is 1. The summed E-state index contributed by atoms with van der Waals surface area (Å²) in [5, 5.41) is 9.50. The number of rotatable bonds is 8. The quantitative estimate of drug-likeness (QED) is 0.515. The van der Waals surface area contributed by atoms with Crippen molar-refractivity contribution >= 4 is 28.5 Å². The molecule has 1 N–H and O–H groups in total. The van der Waals surface area contributed by atoms with Gasteiger partial charge in [0.15, 0.2) is 11.0 Å². The van der Waals surface area contributed by atoms with Crippen LogP contribution in [0.1, 0.15) is 12.8 Å². The summed E-state index contributed by atoms with van der Waals surface area (Å²) >= 11 is 6.22. The van der Waals surface area contributed by atoms with Crippen molar-refractivity contribution in [3.05, 3.63) is 57.7 Å². The van der Waals surface area contributed by atoms with Crippen molar-refractivity contribution in [1.82, 2.24) is 0 Å². The second-order valence-electron chi connectivity index (χ2n) is 7.30. The van der Waals surface area contributed by atoms with Crippen LogP contribution >= 0.6 is 11.6 Å². The van der Waals surface area contributed by atoms with Crippen molar-refractivity contribution in [3.63, 3.8) is 0 Å². The van der Waals surface area contributed by atoms with E-state index in [0.29, 0.717) is 59.3 Å². The molecule has 1 aromatic heterocycles. The summed E-state index contributed by atoms with van der Waals surface area (Å²) in [6.07, 6.45) is 1.10. The molecule has 0 unspecified atom stereocenters. The summed E-state index contributed by atoms with van der Waals surface area (Å²) in [4.78, 5) is 23.4. The van der Waals surface area contributed by atoms with Crippen LogP contribution in [0.5, 0.6) is 11.5 Å². The van der Waals surface area contributed by atoms with E-state index in [0.717, 1.165) is 0 Å². The number of methoxy groups -OCH3 is 1. The maximum atomic E-state index is 12.6. The van der Waals surface area contributed by atoms with Crippen LogP contribution in [0.4, 0.5) is 0 Å². The number of benzene rings is 2. The van der Waals surface area contributed by atoms with Gasteiger partial charge in [-0.3, -0.25) is 9.59 Å². The van der Waals surface area contributed by atoms with E-state index in [4.69, 9.17) is 35.3 Å². The average Bonchev–Trinajstić information content (AvgIpc) is 2.73. The average molecular weight is 445 g/mol. The standard InChI is InChI=1S/C23H21ClO7/c1-28-19-7-6-17(24)22-21(19)18(25)12-20(31-22)13-2-4-15(5-3-13)29-8-9-30-16-10-14(11-16)23(26)27/h2-7,12,14,16H,8-11H2,1H3,(H,26,27). The first-order valence-corrected chi connectivity index (χ1v) is 10.2. The molecule has 1 heterocycles. The van der Waals surface area contributed by atoms with Gasteiger partial charge in [-0.2, -0.15) is 0 Å². The molecule has 1 saturated carbocycles. The van der Waals surface area contributed by atoms with Gasteiger partial charge in [-0.05, 0) is 49.2 Å². The molecule has 0 amide bonds. The van der Waals surface area contributed by atoms with E-state index in [1.807, 2.05) is 0 Å². The van der Waals surface area contributed by atoms with Crippen molar-refractivity contribution in [2.45, 2.75) is 18.9 Å². The smallest absolute Gasteiger partial charge is 0.306 e. The first-order chi connectivity index (χ1) is 15.0. The van der Waals surface area contributed by atoms with E-state index in [1.54, 1.807) is 36.4 Å². The highest BCUT2D eigenvalue weighted by molar-refractivity contribution is 6.35. The van der Waals surface area contributed by atoms with Crippen LogP contribution < -0.4 is 14.9 Å². The molecule has 3 aromatic rings. The highest BCUT2D eigenvalue weighted by Gasteiger charge is 2.34. The lowest BCUT2D eigenvalue weighted by Crippen LogP contribution is -2.36. The zero-order valence-corrected chi connectivity index (χ0v) is 17.6. The maximum absolute atomic E-state index is 12.6. The number of halogens is 1. The lowest BCUT2D eigenvalue weighted by Gasteiger charge is -2.31. The van der Waals surface area contributed by atoms with Crippen LogP contribution in [0.25, 0.3) is 22.3 Å². The highest BCUT2D eigenvalue weighted by atomic mass is 35.5. The van der Waals surface area contributed by atoms with Gasteiger partial charge in [0.25, 0.3) is 0 Å². The van der Waals surface area contributed by atoms with Gasteiger partial charge in [0, 0.05) is 11.6 Å². The molecule has 0 aliphatic heterocycles. The topological polar surface area (TPSA) is 95.2 Å². The molecular formula is C23H21ClO7. The number of ether oxygens (including phenoxy) is 3. The Balaban J connectivity index is 1.39. The van der Waals surface area contributed by atoms with E-state index >= 15 is 0 Å². The number of carboxylic acids is 1. The summed E-state index contributed by atoms with van der Waals surface area (Å²) in [6, 6.07) is 11.8. The molecule has 0 spiro atoms. The van der Waals surface area contributed by atoms with Crippen molar-refractivity contribution in [1.29, 1.82) is 0 Å². The molecule has 1 aliphatic carbocycles. The molecule has 1 fully saturated rings. The maximum Gasteiger partial charge on any atom is 0.306 e. The summed E-state index contributed by atoms with van der Waals surface area (Å²) in [5.74, 6) is 0.392. The lowest BCUT2D eigenvalue weighted by molar-refractivity contribution is -0.151. The first kappa shape index (κ1) is 21.2. The Kier molecular flexibility index (Phi) is 6.15. The van der Waals surface area contributed by atoms with E-state index in [1.165, 1.54) is 13.2 Å². The van der Waals surface area contributed by atoms with Gasteiger partial charge >= 0.3 is 5.97 Å². The van der Waals surface area contributed by atoms with Gasteiger partial charge in [0.05, 0.1) is 30.8 Å². The fraction of sp³-hybridized carbons (Fsp3) is 0.304. The molecule has 0 saturated heterocycles. The molecule has 8 heteroatoms. The molecule has 0 radical (unpaired) electrons. The van der Waals surface area contributed by atoms with Crippen LogP contribution in [0.2, 0.25) is 5.02 Å². The van der Waals surface area contributed by atoms with Crippen molar-refractivity contribution in [2.75, 3.05) is 20.3 Å². The minimum Gasteiger partial charge on any atom is -0.496 e. The van der Waals surface area contributed by atoms with Crippen LogP contribution in [0.15, 0.2) is 51.7 Å². The molecule has 1 aliphatic rings. The minimum atomic E-state index is -0.764. The second kappa shape index (κ2) is 8.99. The van der Waals surface area contributed by atoms with E-state index in [9.17, 15) is 9.59 Å².